The van der Waals surface area contributed by atoms with Crippen molar-refractivity contribution in [1.29, 1.82) is 0 Å². The smallest absolute Gasteiger partial charge is 0.231 e. The molecule has 0 bridgehead atoms. The van der Waals surface area contributed by atoms with Crippen LogP contribution in [0.25, 0.3) is 0 Å². The molecule has 1 unspecified atom stereocenters. The van der Waals surface area contributed by atoms with Gasteiger partial charge in [-0.3, -0.25) is 4.99 Å². The van der Waals surface area contributed by atoms with E-state index in [0.29, 0.717) is 18.9 Å². The number of ether oxygens (including phenoxy) is 2. The van der Waals surface area contributed by atoms with Crippen molar-refractivity contribution < 1.29 is 17.9 Å². The van der Waals surface area contributed by atoms with Gasteiger partial charge in [0, 0.05) is 19.6 Å². The molecule has 0 radical (unpaired) electrons. The van der Waals surface area contributed by atoms with Gasteiger partial charge in [0.15, 0.2) is 27.3 Å². The van der Waals surface area contributed by atoms with Gasteiger partial charge in [0.05, 0.1) is 11.5 Å². The molecule has 2 aliphatic heterocycles. The molecule has 7 nitrogen and oxygen atoms in total. The molecule has 22 heavy (non-hydrogen) atoms. The molecule has 0 saturated carbocycles. The van der Waals surface area contributed by atoms with Crippen LogP contribution < -0.4 is 20.1 Å². The van der Waals surface area contributed by atoms with E-state index in [-0.39, 0.29) is 24.3 Å². The second-order valence-corrected chi connectivity index (χ2v) is 7.59. The number of guanidine groups is 1. The standard InChI is InChI=1S/C14H19N3O4S/c1-15-14(17-11-4-5-22(18,19)8-11)16-7-10-2-3-12-13(6-10)21-9-20-12/h2-3,6,11H,4-5,7-9H2,1H3,(H2,15,16,17). The van der Waals surface area contributed by atoms with Gasteiger partial charge in [-0.1, -0.05) is 6.07 Å². The summed E-state index contributed by atoms with van der Waals surface area (Å²) in [5.74, 6) is 2.49. The number of hydrogen-bond donors (Lipinski definition) is 2. The molecule has 1 fully saturated rings. The van der Waals surface area contributed by atoms with Crippen LogP contribution in [0, 0.1) is 0 Å². The van der Waals surface area contributed by atoms with Crippen LogP contribution in [-0.2, 0) is 16.4 Å². The van der Waals surface area contributed by atoms with Gasteiger partial charge in [-0.15, -0.1) is 0 Å². The van der Waals surface area contributed by atoms with Crippen molar-refractivity contribution in [2.24, 2.45) is 4.99 Å². The van der Waals surface area contributed by atoms with E-state index in [1.165, 1.54) is 0 Å². The summed E-state index contributed by atoms with van der Waals surface area (Å²) >= 11 is 0. The first kappa shape index (κ1) is 15.0. The van der Waals surface area contributed by atoms with Crippen molar-refractivity contribution in [2.45, 2.75) is 19.0 Å². The molecule has 0 amide bonds. The first-order valence-corrected chi connectivity index (χ1v) is 8.94. The van der Waals surface area contributed by atoms with E-state index in [0.717, 1.165) is 17.1 Å². The molecule has 120 valence electrons. The minimum absolute atomic E-state index is 0.0760. The highest BCUT2D eigenvalue weighted by molar-refractivity contribution is 7.91. The Hall–Kier alpha value is -1.96. The summed E-state index contributed by atoms with van der Waals surface area (Å²) in [5.41, 5.74) is 1.03. The Balaban J connectivity index is 1.55. The van der Waals surface area contributed by atoms with Crippen LogP contribution in [0.2, 0.25) is 0 Å². The minimum atomic E-state index is -2.90. The second-order valence-electron chi connectivity index (χ2n) is 5.36. The van der Waals surface area contributed by atoms with Gasteiger partial charge in [-0.25, -0.2) is 8.42 Å². The first-order chi connectivity index (χ1) is 10.6. The summed E-state index contributed by atoms with van der Waals surface area (Å²) in [4.78, 5) is 4.13. The molecule has 8 heteroatoms. The largest absolute Gasteiger partial charge is 0.454 e. The fourth-order valence-electron chi connectivity index (χ4n) is 2.53. The zero-order valence-corrected chi connectivity index (χ0v) is 13.1. The topological polar surface area (TPSA) is 89.0 Å². The third-order valence-corrected chi connectivity index (χ3v) is 5.46. The van der Waals surface area contributed by atoms with Gasteiger partial charge in [0.25, 0.3) is 0 Å². The summed E-state index contributed by atoms with van der Waals surface area (Å²) in [6.07, 6.45) is 0.618. The average molecular weight is 325 g/mol. The first-order valence-electron chi connectivity index (χ1n) is 7.12. The highest BCUT2D eigenvalue weighted by Crippen LogP contribution is 2.32. The lowest BCUT2D eigenvalue weighted by Crippen LogP contribution is -2.43. The van der Waals surface area contributed by atoms with Gasteiger partial charge < -0.3 is 20.1 Å². The van der Waals surface area contributed by atoms with Crippen molar-refractivity contribution in [1.82, 2.24) is 10.6 Å². The van der Waals surface area contributed by atoms with Crippen molar-refractivity contribution >= 4 is 15.8 Å². The number of sulfone groups is 1. The molecule has 1 atom stereocenters. The van der Waals surface area contributed by atoms with Gasteiger partial charge in [0.1, 0.15) is 0 Å². The summed E-state index contributed by atoms with van der Waals surface area (Å²) in [6.45, 7) is 0.821. The molecule has 1 saturated heterocycles. The van der Waals surface area contributed by atoms with E-state index in [1.807, 2.05) is 18.2 Å². The van der Waals surface area contributed by atoms with Crippen molar-refractivity contribution in [3.63, 3.8) is 0 Å². The number of aliphatic imine (C=N–C) groups is 1. The van der Waals surface area contributed by atoms with Crippen LogP contribution in [-0.4, -0.2) is 45.8 Å². The second kappa shape index (κ2) is 6.04. The molecular formula is C14H19N3O4S. The van der Waals surface area contributed by atoms with Gasteiger partial charge in [-0.05, 0) is 24.1 Å². The van der Waals surface area contributed by atoms with E-state index in [1.54, 1.807) is 7.05 Å². The van der Waals surface area contributed by atoms with Crippen LogP contribution in [0.4, 0.5) is 0 Å². The van der Waals surface area contributed by atoms with Gasteiger partial charge >= 0.3 is 0 Å². The summed E-state index contributed by atoms with van der Waals surface area (Å²) < 4.78 is 33.6. The zero-order valence-electron chi connectivity index (χ0n) is 12.3. The number of benzene rings is 1. The predicted molar refractivity (Wildman–Crippen MR) is 83.0 cm³/mol. The fraction of sp³-hybridized carbons (Fsp3) is 0.500. The van der Waals surface area contributed by atoms with E-state index < -0.39 is 9.84 Å². The SMILES string of the molecule is CN=C(NCc1ccc2c(c1)OCO2)NC1CCS(=O)(=O)C1. The summed E-state index contributed by atoms with van der Waals surface area (Å²) in [7, 11) is -1.23. The lowest BCUT2D eigenvalue weighted by Gasteiger charge is -2.16. The number of rotatable bonds is 3. The monoisotopic (exact) mass is 325 g/mol. The summed E-state index contributed by atoms with van der Waals surface area (Å²) in [6, 6.07) is 5.67. The molecule has 2 heterocycles. The van der Waals surface area contributed by atoms with E-state index in [4.69, 9.17) is 9.47 Å². The van der Waals surface area contributed by atoms with Gasteiger partial charge in [0.2, 0.25) is 6.79 Å². The Morgan fingerprint density at radius 3 is 2.91 bits per heavy atom. The molecule has 2 N–H and O–H groups in total. The minimum Gasteiger partial charge on any atom is -0.454 e. The quantitative estimate of drug-likeness (QED) is 0.612. The molecule has 3 rings (SSSR count). The lowest BCUT2D eigenvalue weighted by molar-refractivity contribution is 0.174. The zero-order chi connectivity index (χ0) is 15.6. The van der Waals surface area contributed by atoms with Crippen LogP contribution in [0.1, 0.15) is 12.0 Å². The van der Waals surface area contributed by atoms with Crippen LogP contribution in [0.3, 0.4) is 0 Å². The molecule has 0 spiro atoms. The number of nitrogens with zero attached hydrogens (tertiary/aromatic N) is 1. The third-order valence-electron chi connectivity index (χ3n) is 3.69. The van der Waals surface area contributed by atoms with Crippen molar-refractivity contribution in [2.75, 3.05) is 25.3 Å². The van der Waals surface area contributed by atoms with E-state index in [9.17, 15) is 8.42 Å². The Morgan fingerprint density at radius 2 is 2.18 bits per heavy atom. The molecule has 2 aliphatic rings. The number of fused-ring (bicyclic) bond motifs is 1. The predicted octanol–water partition coefficient (Wildman–Crippen LogP) is 0.267. The molecular weight excluding hydrogens is 306 g/mol. The molecule has 0 aliphatic carbocycles. The summed E-state index contributed by atoms with van der Waals surface area (Å²) in [5, 5.41) is 6.33. The van der Waals surface area contributed by atoms with E-state index in [2.05, 4.69) is 15.6 Å². The van der Waals surface area contributed by atoms with E-state index >= 15 is 0 Å². The maximum absolute atomic E-state index is 11.5. The van der Waals surface area contributed by atoms with Crippen molar-refractivity contribution in [3.8, 4) is 11.5 Å². The Kier molecular flexibility index (Phi) is 4.10. The maximum atomic E-state index is 11.5. The Bertz CT molecular complexity index is 687. The average Bonchev–Trinajstić information content (AvgIpc) is 3.08. The highest BCUT2D eigenvalue weighted by Gasteiger charge is 2.28. The van der Waals surface area contributed by atoms with Crippen LogP contribution >= 0.6 is 0 Å². The maximum Gasteiger partial charge on any atom is 0.231 e. The van der Waals surface area contributed by atoms with Crippen LogP contribution in [0.15, 0.2) is 23.2 Å². The molecule has 1 aromatic rings. The third kappa shape index (κ3) is 3.44. The number of nitrogens with one attached hydrogen (secondary N) is 2. The fourth-order valence-corrected chi connectivity index (χ4v) is 4.21. The van der Waals surface area contributed by atoms with Gasteiger partial charge in [-0.2, -0.15) is 0 Å². The lowest BCUT2D eigenvalue weighted by atomic mass is 10.2. The number of hydrogen-bond acceptors (Lipinski definition) is 5. The van der Waals surface area contributed by atoms with Crippen LogP contribution in [0.5, 0.6) is 11.5 Å². The Labute approximate surface area is 129 Å². The van der Waals surface area contributed by atoms with Crippen molar-refractivity contribution in [3.05, 3.63) is 23.8 Å². The highest BCUT2D eigenvalue weighted by atomic mass is 32.2. The molecule has 0 aromatic heterocycles. The molecule has 1 aromatic carbocycles. The Morgan fingerprint density at radius 1 is 1.36 bits per heavy atom. The normalized spacial score (nSPS) is 22.6.